The van der Waals surface area contributed by atoms with E-state index in [-0.39, 0.29) is 5.91 Å². The molecule has 1 saturated heterocycles. The van der Waals surface area contributed by atoms with Gasteiger partial charge in [0, 0.05) is 19.6 Å². The summed E-state index contributed by atoms with van der Waals surface area (Å²) in [5.41, 5.74) is -0.541. The molecule has 2 heterocycles. The molecule has 0 spiro atoms. The third kappa shape index (κ3) is 3.28. The molecular formula is C14H22N2O3. The van der Waals surface area contributed by atoms with Crippen molar-refractivity contribution in [2.24, 2.45) is 0 Å². The molecule has 2 aliphatic rings. The Hall–Kier alpha value is -1.52. The van der Waals surface area contributed by atoms with Crippen LogP contribution in [0.4, 0.5) is 4.79 Å². The maximum atomic E-state index is 12.4. The second kappa shape index (κ2) is 5.23. The number of likely N-dealkylation sites (tertiary alicyclic amines) is 1. The zero-order valence-electron chi connectivity index (χ0n) is 11.9. The molecule has 5 heteroatoms. The number of carbonyl (C=O) groups is 2. The average molecular weight is 266 g/mol. The van der Waals surface area contributed by atoms with Gasteiger partial charge in [0.05, 0.1) is 0 Å². The Morgan fingerprint density at radius 3 is 2.42 bits per heavy atom. The van der Waals surface area contributed by atoms with E-state index in [1.807, 2.05) is 31.7 Å². The van der Waals surface area contributed by atoms with Gasteiger partial charge in [0.2, 0.25) is 5.91 Å². The van der Waals surface area contributed by atoms with E-state index >= 15 is 0 Å². The van der Waals surface area contributed by atoms with Crippen LogP contribution < -0.4 is 0 Å². The van der Waals surface area contributed by atoms with E-state index in [0.29, 0.717) is 6.54 Å². The van der Waals surface area contributed by atoms with Gasteiger partial charge in [0.25, 0.3) is 0 Å². The number of hydrogen-bond acceptors (Lipinski definition) is 3. The average Bonchev–Trinajstić information content (AvgIpc) is 2.97. The lowest BCUT2D eigenvalue weighted by Gasteiger charge is -2.29. The first-order valence-corrected chi connectivity index (χ1v) is 6.83. The highest BCUT2D eigenvalue weighted by Crippen LogP contribution is 2.19. The minimum Gasteiger partial charge on any atom is -0.444 e. The van der Waals surface area contributed by atoms with Crippen LogP contribution in [0.25, 0.3) is 0 Å². The summed E-state index contributed by atoms with van der Waals surface area (Å²) in [6, 6.07) is -0.493. The molecule has 0 bridgehead atoms. The summed E-state index contributed by atoms with van der Waals surface area (Å²) >= 11 is 0. The summed E-state index contributed by atoms with van der Waals surface area (Å²) in [6.07, 6.45) is 5.33. The summed E-state index contributed by atoms with van der Waals surface area (Å²) in [6.45, 7) is 7.51. The minimum absolute atomic E-state index is 0.0112. The Morgan fingerprint density at radius 1 is 1.21 bits per heavy atom. The smallest absolute Gasteiger partial charge is 0.411 e. The highest BCUT2D eigenvalue weighted by atomic mass is 16.6. The molecule has 2 rings (SSSR count). The molecule has 19 heavy (non-hydrogen) atoms. The molecule has 0 saturated carbocycles. The molecule has 0 N–H and O–H groups in total. The van der Waals surface area contributed by atoms with E-state index in [1.165, 1.54) is 4.90 Å². The third-order valence-electron chi connectivity index (χ3n) is 3.26. The summed E-state index contributed by atoms with van der Waals surface area (Å²) in [7, 11) is 0. The zero-order valence-corrected chi connectivity index (χ0v) is 11.9. The number of amides is 2. The van der Waals surface area contributed by atoms with Crippen molar-refractivity contribution < 1.29 is 14.3 Å². The number of carbonyl (C=O) groups excluding carboxylic acids is 2. The van der Waals surface area contributed by atoms with Crippen molar-refractivity contribution in [2.75, 3.05) is 19.6 Å². The fourth-order valence-corrected chi connectivity index (χ4v) is 2.37. The van der Waals surface area contributed by atoms with E-state index < -0.39 is 17.7 Å². The third-order valence-corrected chi connectivity index (χ3v) is 3.26. The van der Waals surface area contributed by atoms with Crippen molar-refractivity contribution in [3.63, 3.8) is 0 Å². The van der Waals surface area contributed by atoms with Gasteiger partial charge >= 0.3 is 6.09 Å². The van der Waals surface area contributed by atoms with Crippen LogP contribution in [0.5, 0.6) is 0 Å². The van der Waals surface area contributed by atoms with Crippen LogP contribution in [0.1, 0.15) is 33.6 Å². The second-order valence-electron chi connectivity index (χ2n) is 6.04. The first-order valence-electron chi connectivity index (χ1n) is 6.83. The lowest BCUT2D eigenvalue weighted by molar-refractivity contribution is -0.133. The van der Waals surface area contributed by atoms with E-state index in [9.17, 15) is 9.59 Å². The molecule has 2 amide bonds. The zero-order chi connectivity index (χ0) is 14.0. The summed E-state index contributed by atoms with van der Waals surface area (Å²) in [5.74, 6) is 0.0112. The SMILES string of the molecule is CC(C)(C)OC(=O)N1CC=CC1C(=O)N1CCCC1. The summed E-state index contributed by atoms with van der Waals surface area (Å²) in [4.78, 5) is 27.8. The topological polar surface area (TPSA) is 49.9 Å². The van der Waals surface area contributed by atoms with Gasteiger partial charge in [-0.15, -0.1) is 0 Å². The van der Waals surface area contributed by atoms with Crippen molar-refractivity contribution in [3.8, 4) is 0 Å². The van der Waals surface area contributed by atoms with Crippen molar-refractivity contribution >= 4 is 12.0 Å². The van der Waals surface area contributed by atoms with Gasteiger partial charge in [-0.3, -0.25) is 9.69 Å². The second-order valence-corrected chi connectivity index (χ2v) is 6.04. The number of nitrogens with zero attached hydrogens (tertiary/aromatic N) is 2. The van der Waals surface area contributed by atoms with Crippen LogP contribution in [0, 0.1) is 0 Å². The van der Waals surface area contributed by atoms with Crippen LogP contribution in [0.2, 0.25) is 0 Å². The van der Waals surface area contributed by atoms with Crippen molar-refractivity contribution in [1.82, 2.24) is 9.80 Å². The molecule has 0 radical (unpaired) electrons. The van der Waals surface area contributed by atoms with Crippen molar-refractivity contribution in [1.29, 1.82) is 0 Å². The Kier molecular flexibility index (Phi) is 3.83. The maximum Gasteiger partial charge on any atom is 0.411 e. The van der Waals surface area contributed by atoms with Crippen LogP contribution in [0.3, 0.4) is 0 Å². The van der Waals surface area contributed by atoms with Crippen LogP contribution in [0.15, 0.2) is 12.2 Å². The Bertz CT molecular complexity index is 392. The quantitative estimate of drug-likeness (QED) is 0.680. The summed E-state index contributed by atoms with van der Waals surface area (Å²) in [5, 5.41) is 0. The van der Waals surface area contributed by atoms with E-state index in [1.54, 1.807) is 6.08 Å². The first-order chi connectivity index (χ1) is 8.88. The van der Waals surface area contributed by atoms with Gasteiger partial charge in [-0.1, -0.05) is 12.2 Å². The molecule has 0 aromatic carbocycles. The molecule has 5 nitrogen and oxygen atoms in total. The Morgan fingerprint density at radius 2 is 1.84 bits per heavy atom. The van der Waals surface area contributed by atoms with E-state index in [2.05, 4.69) is 0 Å². The predicted octanol–water partition coefficient (Wildman–Crippen LogP) is 1.78. The molecule has 1 fully saturated rings. The standard InChI is InChI=1S/C14H22N2O3/c1-14(2,3)19-13(18)16-10-6-7-11(16)12(17)15-8-4-5-9-15/h6-7,11H,4-5,8-10H2,1-3H3. The highest BCUT2D eigenvalue weighted by molar-refractivity contribution is 5.88. The van der Waals surface area contributed by atoms with Crippen LogP contribution in [-0.4, -0.2) is 53.1 Å². The fourth-order valence-electron chi connectivity index (χ4n) is 2.37. The fraction of sp³-hybridized carbons (Fsp3) is 0.714. The van der Waals surface area contributed by atoms with Crippen LogP contribution >= 0.6 is 0 Å². The highest BCUT2D eigenvalue weighted by Gasteiger charge is 2.36. The lowest BCUT2D eigenvalue weighted by Crippen LogP contribution is -2.48. The lowest BCUT2D eigenvalue weighted by atomic mass is 10.2. The largest absolute Gasteiger partial charge is 0.444 e. The molecule has 0 aliphatic carbocycles. The van der Waals surface area contributed by atoms with Gasteiger partial charge in [-0.25, -0.2) is 4.79 Å². The normalized spacial score (nSPS) is 23.0. The van der Waals surface area contributed by atoms with Gasteiger partial charge in [0.15, 0.2) is 0 Å². The van der Waals surface area contributed by atoms with Gasteiger partial charge in [0.1, 0.15) is 11.6 Å². The van der Waals surface area contributed by atoms with E-state index in [4.69, 9.17) is 4.74 Å². The number of hydrogen-bond donors (Lipinski definition) is 0. The molecule has 0 aromatic rings. The predicted molar refractivity (Wildman–Crippen MR) is 71.7 cm³/mol. The molecular weight excluding hydrogens is 244 g/mol. The van der Waals surface area contributed by atoms with Crippen molar-refractivity contribution in [3.05, 3.63) is 12.2 Å². The van der Waals surface area contributed by atoms with Crippen LogP contribution in [-0.2, 0) is 9.53 Å². The maximum absolute atomic E-state index is 12.4. The molecule has 0 aromatic heterocycles. The Labute approximate surface area is 114 Å². The molecule has 2 aliphatic heterocycles. The Balaban J connectivity index is 2.01. The van der Waals surface area contributed by atoms with Gasteiger partial charge in [-0.05, 0) is 33.6 Å². The molecule has 1 atom stereocenters. The minimum atomic E-state index is -0.541. The van der Waals surface area contributed by atoms with Crippen molar-refractivity contribution in [2.45, 2.75) is 45.3 Å². The molecule has 1 unspecified atom stereocenters. The molecule has 106 valence electrons. The first kappa shape index (κ1) is 13.9. The van der Waals surface area contributed by atoms with Gasteiger partial charge < -0.3 is 9.64 Å². The van der Waals surface area contributed by atoms with Gasteiger partial charge in [-0.2, -0.15) is 0 Å². The number of rotatable bonds is 1. The monoisotopic (exact) mass is 266 g/mol. The summed E-state index contributed by atoms with van der Waals surface area (Å²) < 4.78 is 5.34. The number of ether oxygens (including phenoxy) is 1. The van der Waals surface area contributed by atoms with E-state index in [0.717, 1.165) is 25.9 Å².